The van der Waals surface area contributed by atoms with Gasteiger partial charge in [0, 0.05) is 5.69 Å². The minimum absolute atomic E-state index is 0.150. The van der Waals surface area contributed by atoms with Gasteiger partial charge in [-0.2, -0.15) is 10.2 Å². The van der Waals surface area contributed by atoms with Gasteiger partial charge in [-0.3, -0.25) is 4.57 Å². The van der Waals surface area contributed by atoms with Crippen molar-refractivity contribution in [3.63, 3.8) is 0 Å². The fourth-order valence-corrected chi connectivity index (χ4v) is 4.02. The SMILES string of the molecule is CCOP(=O)(O)[C@H](Nc1ccc(N=Nc2ccccc2)cc1)c1ccccc1. The van der Waals surface area contributed by atoms with Crippen LogP contribution in [0.2, 0.25) is 0 Å². The first-order chi connectivity index (χ1) is 13.6. The lowest BCUT2D eigenvalue weighted by Crippen LogP contribution is -2.13. The molecule has 0 fully saturated rings. The van der Waals surface area contributed by atoms with Crippen LogP contribution in [0.25, 0.3) is 0 Å². The first-order valence-electron chi connectivity index (χ1n) is 8.94. The van der Waals surface area contributed by atoms with Gasteiger partial charge in [0.25, 0.3) is 0 Å². The third kappa shape index (κ3) is 5.36. The van der Waals surface area contributed by atoms with Crippen LogP contribution in [-0.4, -0.2) is 11.5 Å². The van der Waals surface area contributed by atoms with E-state index in [0.717, 1.165) is 5.69 Å². The zero-order valence-corrected chi connectivity index (χ0v) is 16.4. The number of nitrogens with zero attached hydrogens (tertiary/aromatic N) is 2. The van der Waals surface area contributed by atoms with E-state index >= 15 is 0 Å². The highest BCUT2D eigenvalue weighted by Crippen LogP contribution is 2.56. The van der Waals surface area contributed by atoms with E-state index in [1.807, 2.05) is 48.5 Å². The second kappa shape index (κ2) is 9.42. The first-order valence-corrected chi connectivity index (χ1v) is 10.6. The molecule has 3 aromatic rings. The molecule has 0 saturated carbocycles. The molecule has 0 bridgehead atoms. The Bertz CT molecular complexity index is 948. The summed E-state index contributed by atoms with van der Waals surface area (Å²) in [5.41, 5.74) is 2.81. The van der Waals surface area contributed by atoms with Gasteiger partial charge in [0.15, 0.2) is 5.78 Å². The van der Waals surface area contributed by atoms with Crippen LogP contribution in [-0.2, 0) is 9.09 Å². The Labute approximate surface area is 164 Å². The Morgan fingerprint density at radius 3 is 2.00 bits per heavy atom. The molecular weight excluding hydrogens is 373 g/mol. The summed E-state index contributed by atoms with van der Waals surface area (Å²) in [6.45, 7) is 1.84. The van der Waals surface area contributed by atoms with Crippen LogP contribution in [0.1, 0.15) is 18.3 Å². The fourth-order valence-electron chi connectivity index (χ4n) is 2.64. The van der Waals surface area contributed by atoms with Gasteiger partial charge in [-0.15, -0.1) is 0 Å². The van der Waals surface area contributed by atoms with Crippen LogP contribution >= 0.6 is 7.60 Å². The normalized spacial score (nSPS) is 14.5. The standard InChI is InChI=1S/C21H22N3O3P/c1-2-27-28(25,26)21(17-9-5-3-6-10-17)22-18-13-15-20(16-14-18)24-23-19-11-7-4-8-12-19/h3-16,21-22H,2H2,1H3,(H,25,26)/t21-/m0/s1. The predicted molar refractivity (Wildman–Crippen MR) is 111 cm³/mol. The predicted octanol–water partition coefficient (Wildman–Crippen LogP) is 6.43. The van der Waals surface area contributed by atoms with Crippen LogP contribution < -0.4 is 5.32 Å². The minimum Gasteiger partial charge on any atom is -0.368 e. The average molecular weight is 395 g/mol. The maximum atomic E-state index is 12.7. The van der Waals surface area contributed by atoms with Crippen molar-refractivity contribution in [3.05, 3.63) is 90.5 Å². The highest BCUT2D eigenvalue weighted by Gasteiger charge is 2.33. The number of anilines is 1. The molecule has 7 heteroatoms. The monoisotopic (exact) mass is 395 g/mol. The molecule has 3 rings (SSSR count). The summed E-state index contributed by atoms with van der Waals surface area (Å²) < 4.78 is 17.8. The zero-order valence-electron chi connectivity index (χ0n) is 15.5. The molecule has 0 heterocycles. The number of nitrogens with one attached hydrogen (secondary N) is 1. The quantitative estimate of drug-likeness (QED) is 0.340. The molecule has 0 saturated heterocycles. The summed E-state index contributed by atoms with van der Waals surface area (Å²) in [7, 11) is -3.91. The Hall–Kier alpha value is -2.79. The highest BCUT2D eigenvalue weighted by atomic mass is 31.2. The maximum absolute atomic E-state index is 12.7. The van der Waals surface area contributed by atoms with Crippen LogP contribution in [0.4, 0.5) is 17.1 Å². The maximum Gasteiger partial charge on any atom is 0.354 e. The molecule has 0 aliphatic rings. The van der Waals surface area contributed by atoms with Crippen LogP contribution in [0, 0.1) is 0 Å². The summed E-state index contributed by atoms with van der Waals surface area (Å²) in [6, 6.07) is 25.7. The summed E-state index contributed by atoms with van der Waals surface area (Å²) in [5.74, 6) is -0.870. The van der Waals surface area contributed by atoms with E-state index in [2.05, 4.69) is 15.5 Å². The summed E-state index contributed by atoms with van der Waals surface area (Å²) in [5, 5.41) is 11.5. The van der Waals surface area contributed by atoms with E-state index in [9.17, 15) is 9.46 Å². The molecule has 1 unspecified atom stereocenters. The van der Waals surface area contributed by atoms with Crippen molar-refractivity contribution < 1.29 is 14.0 Å². The van der Waals surface area contributed by atoms with Crippen molar-refractivity contribution in [2.45, 2.75) is 12.7 Å². The second-order valence-corrected chi connectivity index (χ2v) is 7.92. The van der Waals surface area contributed by atoms with E-state index in [4.69, 9.17) is 4.52 Å². The minimum atomic E-state index is -3.91. The molecule has 0 spiro atoms. The number of azo groups is 1. The molecule has 0 aliphatic carbocycles. The molecule has 3 aromatic carbocycles. The van der Waals surface area contributed by atoms with Gasteiger partial charge in [0.05, 0.1) is 18.0 Å². The van der Waals surface area contributed by atoms with E-state index in [-0.39, 0.29) is 6.61 Å². The van der Waals surface area contributed by atoms with Gasteiger partial charge in [-0.05, 0) is 48.9 Å². The lowest BCUT2D eigenvalue weighted by atomic mass is 10.2. The first kappa shape index (κ1) is 20.0. The van der Waals surface area contributed by atoms with E-state index in [1.54, 1.807) is 43.3 Å². The summed E-state index contributed by atoms with van der Waals surface area (Å²) in [6.07, 6.45) is 0. The van der Waals surface area contributed by atoms with Gasteiger partial charge in [-0.25, -0.2) is 0 Å². The number of benzene rings is 3. The highest BCUT2D eigenvalue weighted by molar-refractivity contribution is 7.53. The molecule has 6 nitrogen and oxygen atoms in total. The largest absolute Gasteiger partial charge is 0.368 e. The average Bonchev–Trinajstić information content (AvgIpc) is 2.72. The topological polar surface area (TPSA) is 83.3 Å². The lowest BCUT2D eigenvalue weighted by Gasteiger charge is -2.24. The molecule has 2 atom stereocenters. The van der Waals surface area contributed by atoms with Gasteiger partial charge in [-0.1, -0.05) is 48.5 Å². The number of hydrogen-bond donors (Lipinski definition) is 2. The van der Waals surface area contributed by atoms with Crippen LogP contribution in [0.15, 0.2) is 95.2 Å². The molecule has 0 aliphatic heterocycles. The van der Waals surface area contributed by atoms with E-state index in [1.165, 1.54) is 0 Å². The smallest absolute Gasteiger partial charge is 0.354 e. The van der Waals surface area contributed by atoms with Crippen LogP contribution in [0.5, 0.6) is 0 Å². The van der Waals surface area contributed by atoms with Crippen molar-refractivity contribution >= 4 is 24.7 Å². The molecule has 144 valence electrons. The Morgan fingerprint density at radius 2 is 1.43 bits per heavy atom. The summed E-state index contributed by atoms with van der Waals surface area (Å²) in [4.78, 5) is 10.4. The molecule has 0 aromatic heterocycles. The number of rotatable bonds is 8. The zero-order chi connectivity index (χ0) is 19.8. The van der Waals surface area contributed by atoms with Crippen molar-refractivity contribution in [2.24, 2.45) is 10.2 Å². The molecule has 0 radical (unpaired) electrons. The van der Waals surface area contributed by atoms with Gasteiger partial charge in [0.1, 0.15) is 0 Å². The molecular formula is C21H22N3O3P. The van der Waals surface area contributed by atoms with Gasteiger partial charge < -0.3 is 14.7 Å². The lowest BCUT2D eigenvalue weighted by molar-refractivity contribution is 0.267. The van der Waals surface area contributed by atoms with Gasteiger partial charge >= 0.3 is 7.60 Å². The fraction of sp³-hybridized carbons (Fsp3) is 0.143. The second-order valence-electron chi connectivity index (χ2n) is 6.02. The van der Waals surface area contributed by atoms with E-state index in [0.29, 0.717) is 16.9 Å². The van der Waals surface area contributed by atoms with E-state index < -0.39 is 13.4 Å². The third-order valence-corrected chi connectivity index (χ3v) is 5.67. The number of hydrogen-bond acceptors (Lipinski definition) is 5. The molecule has 2 N–H and O–H groups in total. The summed E-state index contributed by atoms with van der Waals surface area (Å²) >= 11 is 0. The Kier molecular flexibility index (Phi) is 6.71. The van der Waals surface area contributed by atoms with Crippen LogP contribution in [0.3, 0.4) is 0 Å². The Morgan fingerprint density at radius 1 is 0.893 bits per heavy atom. The molecule has 0 amide bonds. The van der Waals surface area contributed by atoms with Crippen molar-refractivity contribution in [1.29, 1.82) is 0 Å². The van der Waals surface area contributed by atoms with Crippen molar-refractivity contribution in [3.8, 4) is 0 Å². The van der Waals surface area contributed by atoms with Crippen molar-refractivity contribution in [2.75, 3.05) is 11.9 Å². The Balaban J connectivity index is 1.78. The van der Waals surface area contributed by atoms with Crippen molar-refractivity contribution in [1.82, 2.24) is 0 Å². The third-order valence-electron chi connectivity index (χ3n) is 3.96. The molecule has 28 heavy (non-hydrogen) atoms. The van der Waals surface area contributed by atoms with Gasteiger partial charge in [0.2, 0.25) is 0 Å².